The third-order valence-corrected chi connectivity index (χ3v) is 5.87. The molecule has 132 valence electrons. The highest BCUT2D eigenvalue weighted by atomic mass is 32.2. The molecule has 0 saturated heterocycles. The van der Waals surface area contributed by atoms with Crippen LogP contribution in [0.2, 0.25) is 0 Å². The molecule has 0 unspecified atom stereocenters. The van der Waals surface area contributed by atoms with Crippen molar-refractivity contribution in [2.75, 3.05) is 0 Å². The van der Waals surface area contributed by atoms with Crippen LogP contribution in [0, 0.1) is 17.0 Å². The number of amides is 1. The van der Waals surface area contributed by atoms with Gasteiger partial charge >= 0.3 is 0 Å². The lowest BCUT2D eigenvalue weighted by molar-refractivity contribution is -0.384. The number of benzene rings is 2. The highest BCUT2D eigenvalue weighted by Gasteiger charge is 2.29. The first-order chi connectivity index (χ1) is 11.7. The molecule has 1 N–H and O–H groups in total. The van der Waals surface area contributed by atoms with E-state index in [4.69, 9.17) is 0 Å². The van der Waals surface area contributed by atoms with E-state index >= 15 is 0 Å². The van der Waals surface area contributed by atoms with Gasteiger partial charge in [-0.05, 0) is 31.5 Å². The zero-order chi connectivity index (χ0) is 18.6. The van der Waals surface area contributed by atoms with E-state index in [0.29, 0.717) is 0 Å². The van der Waals surface area contributed by atoms with Crippen molar-refractivity contribution in [1.29, 1.82) is 0 Å². The van der Waals surface area contributed by atoms with Crippen LogP contribution >= 0.6 is 0 Å². The van der Waals surface area contributed by atoms with E-state index in [1.165, 1.54) is 6.92 Å². The second-order valence-electron chi connectivity index (χ2n) is 5.64. The molecule has 0 radical (unpaired) electrons. The smallest absolute Gasteiger partial charge is 0.269 e. The molecule has 1 amide bonds. The number of hydrogen-bond acceptors (Lipinski definition) is 5. The molecule has 0 fully saturated rings. The Morgan fingerprint density at radius 3 is 2.20 bits per heavy atom. The van der Waals surface area contributed by atoms with Crippen LogP contribution in [0.5, 0.6) is 0 Å². The van der Waals surface area contributed by atoms with E-state index < -0.39 is 25.9 Å². The molecule has 25 heavy (non-hydrogen) atoms. The van der Waals surface area contributed by atoms with E-state index in [-0.39, 0.29) is 17.1 Å². The van der Waals surface area contributed by atoms with E-state index in [9.17, 15) is 23.3 Å². The molecule has 0 aliphatic rings. The summed E-state index contributed by atoms with van der Waals surface area (Å²) in [6.45, 7) is 3.46. The summed E-state index contributed by atoms with van der Waals surface area (Å²) in [4.78, 5) is 22.1. The summed E-state index contributed by atoms with van der Waals surface area (Å²) in [5.74, 6) is -0.626. The van der Waals surface area contributed by atoms with E-state index in [2.05, 4.69) is 5.32 Å². The van der Waals surface area contributed by atoms with Gasteiger partial charge in [0.1, 0.15) is 5.25 Å². The molecule has 0 spiro atoms. The lowest BCUT2D eigenvalue weighted by Gasteiger charge is -2.13. The van der Waals surface area contributed by atoms with Gasteiger partial charge < -0.3 is 5.32 Å². The first kappa shape index (κ1) is 18.6. The Morgan fingerprint density at radius 1 is 1.12 bits per heavy atom. The van der Waals surface area contributed by atoms with Gasteiger partial charge in [0.25, 0.3) is 5.69 Å². The third kappa shape index (κ3) is 4.42. The number of rotatable bonds is 6. The van der Waals surface area contributed by atoms with Gasteiger partial charge in [0.15, 0.2) is 9.84 Å². The molecule has 0 bridgehead atoms. The normalized spacial score (nSPS) is 12.4. The number of nitrogens with zero attached hydrogens (tertiary/aromatic N) is 1. The van der Waals surface area contributed by atoms with Crippen LogP contribution in [-0.2, 0) is 21.2 Å². The van der Waals surface area contributed by atoms with Crippen LogP contribution in [0.4, 0.5) is 5.69 Å². The molecule has 7 nitrogen and oxygen atoms in total. The van der Waals surface area contributed by atoms with Gasteiger partial charge in [-0.1, -0.05) is 29.8 Å². The molecule has 0 aromatic heterocycles. The Hall–Kier alpha value is -2.74. The van der Waals surface area contributed by atoms with Gasteiger partial charge in [0.2, 0.25) is 5.91 Å². The van der Waals surface area contributed by atoms with Crippen LogP contribution in [-0.4, -0.2) is 24.5 Å². The average molecular weight is 362 g/mol. The lowest BCUT2D eigenvalue weighted by atomic mass is 10.1. The standard InChI is InChI=1S/C17H18N2O5S/c1-12-3-5-14(6-4-12)11-18-17(20)13(2)25(23,24)16-9-7-15(8-10-16)19(21)22/h3-10,13H,11H2,1-2H3,(H,18,20)/t13-/m1/s1. The van der Waals surface area contributed by atoms with Crippen molar-refractivity contribution in [3.63, 3.8) is 0 Å². The Balaban J connectivity index is 2.08. The van der Waals surface area contributed by atoms with Gasteiger partial charge in [-0.3, -0.25) is 14.9 Å². The SMILES string of the molecule is Cc1ccc(CNC(=O)[C@@H](C)S(=O)(=O)c2ccc([N+](=O)[O-])cc2)cc1. The van der Waals surface area contributed by atoms with Crippen LogP contribution < -0.4 is 5.32 Å². The molecule has 2 aromatic carbocycles. The van der Waals surface area contributed by atoms with Crippen LogP contribution in [0.3, 0.4) is 0 Å². The zero-order valence-corrected chi connectivity index (χ0v) is 14.6. The summed E-state index contributed by atoms with van der Waals surface area (Å²) in [5, 5.41) is 11.9. The molecule has 2 aromatic rings. The molecule has 0 aliphatic heterocycles. The second-order valence-corrected chi connectivity index (χ2v) is 7.91. The summed E-state index contributed by atoms with van der Waals surface area (Å²) < 4.78 is 25.0. The van der Waals surface area contributed by atoms with Gasteiger partial charge in [-0.2, -0.15) is 0 Å². The number of nitro benzene ring substituents is 1. The third-order valence-electron chi connectivity index (χ3n) is 3.80. The molecule has 1 atom stereocenters. The fourth-order valence-corrected chi connectivity index (χ4v) is 3.43. The van der Waals surface area contributed by atoms with E-state index in [1.54, 1.807) is 0 Å². The highest BCUT2D eigenvalue weighted by Crippen LogP contribution is 2.20. The first-order valence-corrected chi connectivity index (χ1v) is 9.08. The van der Waals surface area contributed by atoms with Crippen molar-refractivity contribution in [1.82, 2.24) is 5.32 Å². The van der Waals surface area contributed by atoms with Crippen LogP contribution in [0.25, 0.3) is 0 Å². The quantitative estimate of drug-likeness (QED) is 0.627. The average Bonchev–Trinajstić information content (AvgIpc) is 2.60. The van der Waals surface area contributed by atoms with Gasteiger partial charge in [0.05, 0.1) is 9.82 Å². The minimum absolute atomic E-state index is 0.129. The lowest BCUT2D eigenvalue weighted by Crippen LogP contribution is -2.37. The number of non-ortho nitro benzene ring substituents is 1. The summed E-state index contributed by atoms with van der Waals surface area (Å²) in [7, 11) is -3.93. The fraction of sp³-hybridized carbons (Fsp3) is 0.235. The maximum Gasteiger partial charge on any atom is 0.269 e. The van der Waals surface area contributed by atoms with Crippen LogP contribution in [0.1, 0.15) is 18.1 Å². The number of carbonyl (C=O) groups is 1. The summed E-state index contributed by atoms with van der Waals surface area (Å²) >= 11 is 0. The largest absolute Gasteiger partial charge is 0.351 e. The first-order valence-electron chi connectivity index (χ1n) is 7.53. The number of nitro groups is 1. The Morgan fingerprint density at radius 2 is 1.68 bits per heavy atom. The maximum absolute atomic E-state index is 12.5. The van der Waals surface area contributed by atoms with Crippen molar-refractivity contribution in [3.05, 3.63) is 69.8 Å². The maximum atomic E-state index is 12.5. The summed E-state index contributed by atoms with van der Waals surface area (Å²) in [5.41, 5.74) is 1.73. The molecule has 0 aliphatic carbocycles. The molecular weight excluding hydrogens is 344 g/mol. The van der Waals surface area contributed by atoms with Crippen molar-refractivity contribution < 1.29 is 18.1 Å². The van der Waals surface area contributed by atoms with E-state index in [1.807, 2.05) is 31.2 Å². The van der Waals surface area contributed by atoms with Crippen molar-refractivity contribution in [3.8, 4) is 0 Å². The number of nitrogens with one attached hydrogen (secondary N) is 1. The van der Waals surface area contributed by atoms with Gasteiger partial charge in [-0.15, -0.1) is 0 Å². The summed E-state index contributed by atoms with van der Waals surface area (Å²) in [6, 6.07) is 12.0. The van der Waals surface area contributed by atoms with Gasteiger partial charge in [-0.25, -0.2) is 8.42 Å². The van der Waals surface area contributed by atoms with Crippen molar-refractivity contribution >= 4 is 21.4 Å². The second kappa shape index (κ2) is 7.43. The Labute approximate surface area is 145 Å². The Bertz CT molecular complexity index is 874. The monoisotopic (exact) mass is 362 g/mol. The molecule has 0 saturated carbocycles. The summed E-state index contributed by atoms with van der Waals surface area (Å²) in [6.07, 6.45) is 0. The predicted octanol–water partition coefficient (Wildman–Crippen LogP) is 2.38. The number of sulfone groups is 1. The van der Waals surface area contributed by atoms with Crippen LogP contribution in [0.15, 0.2) is 53.4 Å². The molecule has 0 heterocycles. The van der Waals surface area contributed by atoms with E-state index in [0.717, 1.165) is 35.4 Å². The molecule has 8 heteroatoms. The zero-order valence-electron chi connectivity index (χ0n) is 13.8. The van der Waals surface area contributed by atoms with Gasteiger partial charge in [0, 0.05) is 18.7 Å². The Kier molecular flexibility index (Phi) is 5.53. The molecular formula is C17H18N2O5S. The number of hydrogen-bond donors (Lipinski definition) is 1. The fourth-order valence-electron chi connectivity index (χ4n) is 2.14. The number of carbonyl (C=O) groups excluding carboxylic acids is 1. The molecule has 2 rings (SSSR count). The minimum Gasteiger partial charge on any atom is -0.351 e. The topological polar surface area (TPSA) is 106 Å². The predicted molar refractivity (Wildman–Crippen MR) is 92.8 cm³/mol. The van der Waals surface area contributed by atoms with Crippen molar-refractivity contribution in [2.24, 2.45) is 0 Å². The van der Waals surface area contributed by atoms with Crippen molar-refractivity contribution in [2.45, 2.75) is 30.5 Å². The minimum atomic E-state index is -3.93. The number of aryl methyl sites for hydroxylation is 1. The highest BCUT2D eigenvalue weighted by molar-refractivity contribution is 7.92.